The van der Waals surface area contributed by atoms with Crippen molar-refractivity contribution in [2.45, 2.75) is 39.5 Å². The summed E-state index contributed by atoms with van der Waals surface area (Å²) < 4.78 is 11.8. The van der Waals surface area contributed by atoms with E-state index in [0.29, 0.717) is 42.9 Å². The Hall–Kier alpha value is -3.60. The molecule has 0 aliphatic heterocycles. The van der Waals surface area contributed by atoms with Crippen molar-refractivity contribution >= 4 is 11.8 Å². The number of aryl methyl sites for hydroxylation is 3. The van der Waals surface area contributed by atoms with E-state index in [-0.39, 0.29) is 12.2 Å². The predicted molar refractivity (Wildman–Crippen MR) is 128 cm³/mol. The Kier molecular flexibility index (Phi) is 8.64. The number of hydrogen-bond donors (Lipinski definition) is 1. The molecule has 0 atom stereocenters. The minimum atomic E-state index is -0.798. The van der Waals surface area contributed by atoms with Crippen LogP contribution in [0.2, 0.25) is 0 Å². The molecule has 3 aromatic carbocycles. The molecule has 1 N–H and O–H groups in total. The summed E-state index contributed by atoms with van der Waals surface area (Å²) >= 11 is 0. The van der Waals surface area contributed by atoms with Crippen LogP contribution in [0.1, 0.15) is 52.4 Å². The van der Waals surface area contributed by atoms with Crippen LogP contribution in [0.5, 0.6) is 11.5 Å². The van der Waals surface area contributed by atoms with Crippen LogP contribution in [0.4, 0.5) is 0 Å². The SMILES string of the molecule is CCc1ccc(OCCCOc2ccc(CCC(=O)O)c(C)c2)c(C(=O)c2ccccc2)c1. The maximum Gasteiger partial charge on any atom is 0.303 e. The first kappa shape index (κ1) is 24.1. The summed E-state index contributed by atoms with van der Waals surface area (Å²) in [5.74, 6) is 0.488. The van der Waals surface area contributed by atoms with Gasteiger partial charge in [-0.15, -0.1) is 0 Å². The fourth-order valence-corrected chi connectivity index (χ4v) is 3.56. The molecule has 5 nitrogen and oxygen atoms in total. The van der Waals surface area contributed by atoms with Gasteiger partial charge >= 0.3 is 5.97 Å². The second kappa shape index (κ2) is 11.9. The Morgan fingerprint density at radius 2 is 1.67 bits per heavy atom. The Morgan fingerprint density at radius 1 is 0.909 bits per heavy atom. The molecule has 5 heteroatoms. The summed E-state index contributed by atoms with van der Waals surface area (Å²) in [6.07, 6.45) is 2.13. The highest BCUT2D eigenvalue weighted by Gasteiger charge is 2.15. The number of hydrogen-bond acceptors (Lipinski definition) is 4. The van der Waals surface area contributed by atoms with Gasteiger partial charge in [-0.05, 0) is 60.7 Å². The van der Waals surface area contributed by atoms with Crippen LogP contribution in [-0.4, -0.2) is 30.1 Å². The normalized spacial score (nSPS) is 10.6. The molecule has 0 aliphatic carbocycles. The third-order valence-corrected chi connectivity index (χ3v) is 5.47. The minimum Gasteiger partial charge on any atom is -0.493 e. The van der Waals surface area contributed by atoms with Crippen molar-refractivity contribution in [2.24, 2.45) is 0 Å². The predicted octanol–water partition coefficient (Wildman–Crippen LogP) is 5.65. The standard InChI is InChI=1S/C28H30O5/c1-3-21-10-14-26(25(19-21)28(31)23-8-5-4-6-9-23)33-17-7-16-32-24-13-11-22(20(2)18-24)12-15-27(29)30/h4-6,8-11,13-14,18-19H,3,7,12,15-17H2,1-2H3,(H,29,30). The van der Waals surface area contributed by atoms with Gasteiger partial charge in [-0.1, -0.05) is 49.4 Å². The summed E-state index contributed by atoms with van der Waals surface area (Å²) in [6.45, 7) is 4.92. The van der Waals surface area contributed by atoms with E-state index in [1.54, 1.807) is 0 Å². The molecule has 0 fully saturated rings. The molecule has 0 saturated carbocycles. The van der Waals surface area contributed by atoms with Gasteiger partial charge in [0.1, 0.15) is 11.5 Å². The summed E-state index contributed by atoms with van der Waals surface area (Å²) in [6, 6.07) is 20.7. The van der Waals surface area contributed by atoms with Gasteiger partial charge in [-0.3, -0.25) is 9.59 Å². The van der Waals surface area contributed by atoms with Crippen LogP contribution < -0.4 is 9.47 Å². The molecule has 33 heavy (non-hydrogen) atoms. The number of carbonyl (C=O) groups excluding carboxylic acids is 1. The molecule has 0 unspecified atom stereocenters. The molecule has 0 bridgehead atoms. The average Bonchev–Trinajstić information content (AvgIpc) is 2.83. The highest BCUT2D eigenvalue weighted by atomic mass is 16.5. The molecule has 0 aliphatic rings. The maximum atomic E-state index is 13.0. The Balaban J connectivity index is 1.55. The Labute approximate surface area is 195 Å². The lowest BCUT2D eigenvalue weighted by Gasteiger charge is -2.13. The van der Waals surface area contributed by atoms with E-state index in [2.05, 4.69) is 6.92 Å². The number of carbonyl (C=O) groups is 2. The lowest BCUT2D eigenvalue weighted by atomic mass is 9.99. The average molecular weight is 447 g/mol. The number of aliphatic carboxylic acids is 1. The van der Waals surface area contributed by atoms with Gasteiger partial charge in [0.05, 0.1) is 18.8 Å². The van der Waals surface area contributed by atoms with Crippen molar-refractivity contribution in [3.8, 4) is 11.5 Å². The first-order chi connectivity index (χ1) is 16.0. The number of carboxylic acid groups (broad SMARTS) is 1. The van der Waals surface area contributed by atoms with E-state index < -0.39 is 5.97 Å². The maximum absolute atomic E-state index is 13.0. The summed E-state index contributed by atoms with van der Waals surface area (Å²) in [5.41, 5.74) is 4.34. The van der Waals surface area contributed by atoms with Crippen molar-refractivity contribution in [3.05, 3.63) is 94.5 Å². The largest absolute Gasteiger partial charge is 0.493 e. The van der Waals surface area contributed by atoms with Gasteiger partial charge in [0, 0.05) is 18.4 Å². The highest BCUT2D eigenvalue weighted by Crippen LogP contribution is 2.24. The summed E-state index contributed by atoms with van der Waals surface area (Å²) in [5, 5.41) is 8.85. The van der Waals surface area contributed by atoms with Gasteiger partial charge in [0.2, 0.25) is 0 Å². The fourth-order valence-electron chi connectivity index (χ4n) is 3.56. The first-order valence-corrected chi connectivity index (χ1v) is 11.3. The topological polar surface area (TPSA) is 72.8 Å². The second-order valence-electron chi connectivity index (χ2n) is 7.91. The number of ether oxygens (including phenoxy) is 2. The van der Waals surface area contributed by atoms with Crippen LogP contribution >= 0.6 is 0 Å². The van der Waals surface area contributed by atoms with Crippen LogP contribution in [0.25, 0.3) is 0 Å². The lowest BCUT2D eigenvalue weighted by molar-refractivity contribution is -0.136. The molecular formula is C28H30O5. The zero-order valence-corrected chi connectivity index (χ0v) is 19.2. The molecule has 172 valence electrons. The molecule has 0 saturated heterocycles. The number of benzene rings is 3. The van der Waals surface area contributed by atoms with Gasteiger partial charge in [-0.2, -0.15) is 0 Å². The molecule has 0 spiro atoms. The minimum absolute atomic E-state index is 0.0457. The van der Waals surface area contributed by atoms with Gasteiger partial charge in [0.25, 0.3) is 0 Å². The molecule has 0 aromatic heterocycles. The molecule has 3 aromatic rings. The molecule has 0 amide bonds. The first-order valence-electron chi connectivity index (χ1n) is 11.3. The van der Waals surface area contributed by atoms with Crippen LogP contribution in [0.15, 0.2) is 66.7 Å². The zero-order chi connectivity index (χ0) is 23.6. The van der Waals surface area contributed by atoms with Gasteiger partial charge in [0.15, 0.2) is 5.78 Å². The van der Waals surface area contributed by atoms with Crippen molar-refractivity contribution in [3.63, 3.8) is 0 Å². The molecule has 0 heterocycles. The lowest BCUT2D eigenvalue weighted by Crippen LogP contribution is -2.09. The second-order valence-corrected chi connectivity index (χ2v) is 7.91. The van der Waals surface area contributed by atoms with Crippen molar-refractivity contribution < 1.29 is 24.2 Å². The Morgan fingerprint density at radius 3 is 2.36 bits per heavy atom. The Bertz CT molecular complexity index is 1090. The molecule has 0 radical (unpaired) electrons. The summed E-state index contributed by atoms with van der Waals surface area (Å²) in [7, 11) is 0. The van der Waals surface area contributed by atoms with E-state index >= 15 is 0 Å². The van der Waals surface area contributed by atoms with Gasteiger partial charge < -0.3 is 14.6 Å². The summed E-state index contributed by atoms with van der Waals surface area (Å²) in [4.78, 5) is 23.8. The quantitative estimate of drug-likeness (QED) is 0.287. The van der Waals surface area contributed by atoms with E-state index in [0.717, 1.165) is 28.9 Å². The van der Waals surface area contributed by atoms with Crippen LogP contribution in [-0.2, 0) is 17.6 Å². The van der Waals surface area contributed by atoms with Crippen molar-refractivity contribution in [2.75, 3.05) is 13.2 Å². The van der Waals surface area contributed by atoms with Crippen LogP contribution in [0, 0.1) is 6.92 Å². The number of ketones is 1. The van der Waals surface area contributed by atoms with E-state index in [4.69, 9.17) is 14.6 Å². The third-order valence-electron chi connectivity index (χ3n) is 5.47. The zero-order valence-electron chi connectivity index (χ0n) is 19.2. The highest BCUT2D eigenvalue weighted by molar-refractivity contribution is 6.10. The monoisotopic (exact) mass is 446 g/mol. The molecule has 3 rings (SSSR count). The van der Waals surface area contributed by atoms with Crippen molar-refractivity contribution in [1.82, 2.24) is 0 Å². The number of carboxylic acids is 1. The fraction of sp³-hybridized carbons (Fsp3) is 0.286. The third kappa shape index (κ3) is 6.94. The van der Waals surface area contributed by atoms with Crippen LogP contribution in [0.3, 0.4) is 0 Å². The van der Waals surface area contributed by atoms with E-state index in [1.807, 2.05) is 73.7 Å². The van der Waals surface area contributed by atoms with E-state index in [1.165, 1.54) is 0 Å². The molecular weight excluding hydrogens is 416 g/mol. The smallest absolute Gasteiger partial charge is 0.303 e. The van der Waals surface area contributed by atoms with Crippen molar-refractivity contribution in [1.29, 1.82) is 0 Å². The number of rotatable bonds is 12. The van der Waals surface area contributed by atoms with E-state index in [9.17, 15) is 9.59 Å². The van der Waals surface area contributed by atoms with Gasteiger partial charge in [-0.25, -0.2) is 0 Å².